The van der Waals surface area contributed by atoms with Crippen molar-refractivity contribution in [3.63, 3.8) is 0 Å². The summed E-state index contributed by atoms with van der Waals surface area (Å²) in [6, 6.07) is 4.97. The van der Waals surface area contributed by atoms with Gasteiger partial charge in [-0.1, -0.05) is 11.3 Å². The van der Waals surface area contributed by atoms with Crippen LogP contribution in [0.2, 0.25) is 0 Å². The third kappa shape index (κ3) is 2.20. The van der Waals surface area contributed by atoms with E-state index < -0.39 is 0 Å². The molecule has 1 aromatic heterocycles. The maximum absolute atomic E-state index is 11.4. The lowest BCUT2D eigenvalue weighted by molar-refractivity contribution is 0.101. The number of hydrogen-bond acceptors (Lipinski definition) is 5. The van der Waals surface area contributed by atoms with Crippen molar-refractivity contribution in [2.45, 2.75) is 6.92 Å². The monoisotopic (exact) mass is 234 g/mol. The third-order valence-corrected chi connectivity index (χ3v) is 2.64. The van der Waals surface area contributed by atoms with Crippen LogP contribution in [0.3, 0.4) is 0 Å². The molecule has 4 nitrogen and oxygen atoms in total. The van der Waals surface area contributed by atoms with Crippen LogP contribution in [0.25, 0.3) is 0 Å². The minimum atomic E-state index is -0.0844. The number of nitrogens with zero attached hydrogens (tertiary/aromatic N) is 1. The fourth-order valence-corrected chi connectivity index (χ4v) is 1.76. The first-order valence-electron chi connectivity index (χ1n) is 4.64. The molecule has 0 unspecified atom stereocenters. The zero-order chi connectivity index (χ0) is 11.5. The SMILES string of the molecule is CC(=O)c1cc(N)ccc1Oc1nccs1. The Balaban J connectivity index is 2.36. The second-order valence-corrected chi connectivity index (χ2v) is 4.07. The Labute approximate surface area is 96.7 Å². The van der Waals surface area contributed by atoms with Gasteiger partial charge in [0.05, 0.1) is 5.56 Å². The van der Waals surface area contributed by atoms with E-state index in [0.717, 1.165) is 0 Å². The van der Waals surface area contributed by atoms with Crippen molar-refractivity contribution in [3.05, 3.63) is 35.3 Å². The van der Waals surface area contributed by atoms with Gasteiger partial charge in [0, 0.05) is 17.3 Å². The molecule has 16 heavy (non-hydrogen) atoms. The lowest BCUT2D eigenvalue weighted by Gasteiger charge is -2.07. The van der Waals surface area contributed by atoms with Crippen molar-refractivity contribution >= 4 is 22.8 Å². The number of hydrogen-bond donors (Lipinski definition) is 1. The quantitative estimate of drug-likeness (QED) is 0.655. The summed E-state index contributed by atoms with van der Waals surface area (Å²) in [5, 5.41) is 2.31. The van der Waals surface area contributed by atoms with Gasteiger partial charge in [-0.2, -0.15) is 0 Å². The molecule has 2 aromatic rings. The van der Waals surface area contributed by atoms with E-state index in [1.807, 2.05) is 0 Å². The molecule has 1 heterocycles. The van der Waals surface area contributed by atoms with Crippen LogP contribution >= 0.6 is 11.3 Å². The summed E-state index contributed by atoms with van der Waals surface area (Å²) in [6.07, 6.45) is 1.64. The number of Topliss-reactive ketones (excluding diaryl/α,β-unsaturated/α-hetero) is 1. The average Bonchev–Trinajstić information content (AvgIpc) is 2.73. The lowest BCUT2D eigenvalue weighted by Crippen LogP contribution is -1.98. The van der Waals surface area contributed by atoms with E-state index in [9.17, 15) is 4.79 Å². The molecule has 82 valence electrons. The molecule has 0 aliphatic heterocycles. The van der Waals surface area contributed by atoms with E-state index in [-0.39, 0.29) is 5.78 Å². The van der Waals surface area contributed by atoms with E-state index in [4.69, 9.17) is 10.5 Å². The number of nitrogen functional groups attached to an aromatic ring is 1. The first-order valence-corrected chi connectivity index (χ1v) is 5.52. The van der Waals surface area contributed by atoms with Crippen LogP contribution in [-0.2, 0) is 0 Å². The molecule has 2 rings (SSSR count). The molecule has 0 bridgehead atoms. The molecule has 2 N–H and O–H groups in total. The first kappa shape index (κ1) is 10.6. The summed E-state index contributed by atoms with van der Waals surface area (Å²) in [5.41, 5.74) is 6.62. The van der Waals surface area contributed by atoms with Gasteiger partial charge in [0.2, 0.25) is 0 Å². The smallest absolute Gasteiger partial charge is 0.278 e. The molecule has 5 heteroatoms. The molecule has 0 fully saturated rings. The van der Waals surface area contributed by atoms with Gasteiger partial charge in [0.15, 0.2) is 5.78 Å². The van der Waals surface area contributed by atoms with Gasteiger partial charge in [-0.15, -0.1) is 0 Å². The highest BCUT2D eigenvalue weighted by atomic mass is 32.1. The molecule has 0 radical (unpaired) electrons. The maximum atomic E-state index is 11.4. The standard InChI is InChI=1S/C11H10N2O2S/c1-7(14)9-6-8(12)2-3-10(9)15-11-13-4-5-16-11/h2-6H,12H2,1H3. The van der Waals surface area contributed by atoms with E-state index in [1.165, 1.54) is 18.3 Å². The summed E-state index contributed by atoms with van der Waals surface area (Å²) in [6.45, 7) is 1.48. The molecular weight excluding hydrogens is 224 g/mol. The summed E-state index contributed by atoms with van der Waals surface area (Å²) >= 11 is 1.37. The Bertz CT molecular complexity index is 509. The molecular formula is C11H10N2O2S. The molecule has 0 saturated heterocycles. The number of thiazole rings is 1. The lowest BCUT2D eigenvalue weighted by atomic mass is 10.1. The predicted octanol–water partition coefficient (Wildman–Crippen LogP) is 2.72. The summed E-state index contributed by atoms with van der Waals surface area (Å²) < 4.78 is 5.50. The fraction of sp³-hybridized carbons (Fsp3) is 0.0909. The number of nitrogens with two attached hydrogens (primary N) is 1. The highest BCUT2D eigenvalue weighted by Crippen LogP contribution is 2.28. The van der Waals surface area contributed by atoms with E-state index in [2.05, 4.69) is 4.98 Å². The molecule has 1 aromatic carbocycles. The van der Waals surface area contributed by atoms with Crippen LogP contribution in [0.4, 0.5) is 5.69 Å². The van der Waals surface area contributed by atoms with Crippen LogP contribution in [0.5, 0.6) is 10.9 Å². The molecule has 0 aliphatic carbocycles. The molecule has 0 aliphatic rings. The van der Waals surface area contributed by atoms with Gasteiger partial charge in [0.25, 0.3) is 5.19 Å². The zero-order valence-corrected chi connectivity index (χ0v) is 9.45. The third-order valence-electron chi connectivity index (χ3n) is 1.99. The van der Waals surface area contributed by atoms with Crippen LogP contribution in [0.1, 0.15) is 17.3 Å². The van der Waals surface area contributed by atoms with Crippen LogP contribution in [-0.4, -0.2) is 10.8 Å². The van der Waals surface area contributed by atoms with Crippen molar-refractivity contribution in [3.8, 4) is 10.9 Å². The Morgan fingerprint density at radius 2 is 2.31 bits per heavy atom. The summed E-state index contributed by atoms with van der Waals surface area (Å²) in [7, 11) is 0. The van der Waals surface area contributed by atoms with E-state index in [1.54, 1.807) is 29.8 Å². The average molecular weight is 234 g/mol. The van der Waals surface area contributed by atoms with Gasteiger partial charge < -0.3 is 10.5 Å². The first-order chi connectivity index (χ1) is 7.66. The number of rotatable bonds is 3. The van der Waals surface area contributed by atoms with Crippen LogP contribution < -0.4 is 10.5 Å². The maximum Gasteiger partial charge on any atom is 0.278 e. The van der Waals surface area contributed by atoms with Gasteiger partial charge in [0.1, 0.15) is 5.75 Å². The van der Waals surface area contributed by atoms with Gasteiger partial charge >= 0.3 is 0 Å². The van der Waals surface area contributed by atoms with E-state index in [0.29, 0.717) is 22.2 Å². The van der Waals surface area contributed by atoms with Crippen molar-refractivity contribution in [2.24, 2.45) is 0 Å². The van der Waals surface area contributed by atoms with E-state index >= 15 is 0 Å². The number of carbonyl (C=O) groups excluding carboxylic acids is 1. The largest absolute Gasteiger partial charge is 0.430 e. The topological polar surface area (TPSA) is 65.2 Å². The second kappa shape index (κ2) is 4.32. The van der Waals surface area contributed by atoms with Gasteiger partial charge in [-0.25, -0.2) is 4.98 Å². The zero-order valence-electron chi connectivity index (χ0n) is 8.64. The van der Waals surface area contributed by atoms with Crippen molar-refractivity contribution in [1.82, 2.24) is 4.98 Å². The van der Waals surface area contributed by atoms with Crippen LogP contribution in [0.15, 0.2) is 29.8 Å². The number of anilines is 1. The summed E-state index contributed by atoms with van der Waals surface area (Å²) in [5.74, 6) is 0.399. The van der Waals surface area contributed by atoms with Crippen LogP contribution in [0, 0.1) is 0 Å². The highest BCUT2D eigenvalue weighted by molar-refractivity contribution is 7.11. The minimum absolute atomic E-state index is 0.0844. The number of carbonyl (C=O) groups is 1. The Hall–Kier alpha value is -1.88. The minimum Gasteiger partial charge on any atom is -0.430 e. The second-order valence-electron chi connectivity index (χ2n) is 3.21. The Morgan fingerprint density at radius 3 is 2.94 bits per heavy atom. The predicted molar refractivity (Wildman–Crippen MR) is 63.0 cm³/mol. The van der Waals surface area contributed by atoms with Gasteiger partial charge in [-0.05, 0) is 25.1 Å². The Kier molecular flexibility index (Phi) is 2.87. The molecule has 0 spiro atoms. The van der Waals surface area contributed by atoms with Gasteiger partial charge in [-0.3, -0.25) is 4.79 Å². The summed E-state index contributed by atoms with van der Waals surface area (Å²) in [4.78, 5) is 15.4. The van der Waals surface area contributed by atoms with Crippen molar-refractivity contribution < 1.29 is 9.53 Å². The number of ether oxygens (including phenoxy) is 1. The number of ketones is 1. The molecule has 0 amide bonds. The molecule has 0 saturated carbocycles. The highest BCUT2D eigenvalue weighted by Gasteiger charge is 2.10. The fourth-order valence-electron chi connectivity index (χ4n) is 1.27. The molecule has 0 atom stereocenters. The number of aromatic nitrogens is 1. The normalized spacial score (nSPS) is 10.1. The number of benzene rings is 1. The van der Waals surface area contributed by atoms with Crippen molar-refractivity contribution in [1.29, 1.82) is 0 Å². The van der Waals surface area contributed by atoms with Crippen molar-refractivity contribution in [2.75, 3.05) is 5.73 Å². The Morgan fingerprint density at radius 1 is 1.50 bits per heavy atom.